The van der Waals surface area contributed by atoms with Crippen LogP contribution in [0.25, 0.3) is 11.2 Å². The molecule has 204 valence electrons. The van der Waals surface area contributed by atoms with E-state index in [0.29, 0.717) is 22.7 Å². The number of likely N-dealkylation sites (tertiary alicyclic amines) is 1. The summed E-state index contributed by atoms with van der Waals surface area (Å²) in [5, 5.41) is 10.4. The number of carbonyl (C=O) groups is 1. The van der Waals surface area contributed by atoms with Crippen LogP contribution in [0, 0.1) is 0 Å². The maximum Gasteiger partial charge on any atom is 0.416 e. The number of anilines is 2. The van der Waals surface area contributed by atoms with Gasteiger partial charge in [0.15, 0.2) is 0 Å². The Kier molecular flexibility index (Phi) is 7.51. The van der Waals surface area contributed by atoms with E-state index < -0.39 is 17.6 Å². The van der Waals surface area contributed by atoms with Crippen LogP contribution in [-0.4, -0.2) is 43.6 Å². The van der Waals surface area contributed by atoms with Gasteiger partial charge in [-0.25, -0.2) is 9.97 Å². The van der Waals surface area contributed by atoms with E-state index >= 15 is 0 Å². The van der Waals surface area contributed by atoms with Crippen LogP contribution in [-0.2, 0) is 19.3 Å². The average Bonchev–Trinajstić information content (AvgIpc) is 3.57. The van der Waals surface area contributed by atoms with Gasteiger partial charge >= 0.3 is 6.18 Å². The number of nitrogens with zero attached hydrogens (tertiary/aromatic N) is 5. The van der Waals surface area contributed by atoms with Crippen molar-refractivity contribution in [2.45, 2.75) is 52.0 Å². The second-order valence-electron chi connectivity index (χ2n) is 9.75. The van der Waals surface area contributed by atoms with Crippen LogP contribution < -0.4 is 10.6 Å². The summed E-state index contributed by atoms with van der Waals surface area (Å²) in [7, 11) is 0. The Labute approximate surface area is 224 Å². The monoisotopic (exact) mass is 537 g/mol. The number of halogens is 3. The van der Waals surface area contributed by atoms with Crippen LogP contribution in [0.15, 0.2) is 54.9 Å². The van der Waals surface area contributed by atoms with E-state index in [0.717, 1.165) is 44.1 Å². The van der Waals surface area contributed by atoms with Gasteiger partial charge in [-0.15, -0.1) is 0 Å². The van der Waals surface area contributed by atoms with Crippen molar-refractivity contribution in [1.29, 1.82) is 0 Å². The lowest BCUT2D eigenvalue weighted by molar-refractivity contribution is -0.138. The molecule has 2 aromatic carbocycles. The number of carbonyl (C=O) groups excluding carboxylic acids is 1. The number of benzene rings is 2. The minimum absolute atomic E-state index is 0.0424. The van der Waals surface area contributed by atoms with Crippen molar-refractivity contribution in [2.24, 2.45) is 0 Å². The van der Waals surface area contributed by atoms with Gasteiger partial charge in [-0.2, -0.15) is 18.3 Å². The molecule has 1 fully saturated rings. The van der Waals surface area contributed by atoms with Crippen LogP contribution in [0.2, 0.25) is 0 Å². The zero-order valence-corrected chi connectivity index (χ0v) is 21.8. The second kappa shape index (κ2) is 11.0. The predicted molar refractivity (Wildman–Crippen MR) is 143 cm³/mol. The lowest BCUT2D eigenvalue weighted by Crippen LogP contribution is -2.22. The molecule has 4 aromatic rings. The Morgan fingerprint density at radius 3 is 2.67 bits per heavy atom. The first-order valence-corrected chi connectivity index (χ1v) is 13.0. The fourth-order valence-corrected chi connectivity index (χ4v) is 4.77. The summed E-state index contributed by atoms with van der Waals surface area (Å²) in [6.45, 7) is 6.43. The van der Waals surface area contributed by atoms with Gasteiger partial charge in [0.2, 0.25) is 5.65 Å². The molecule has 1 amide bonds. The molecule has 1 aliphatic heterocycles. The molecule has 0 unspecified atom stereocenters. The fraction of sp³-hybridized carbons (Fsp3) is 0.357. The summed E-state index contributed by atoms with van der Waals surface area (Å²) in [5.74, 6) is -0.0479. The molecule has 5 rings (SSSR count). The van der Waals surface area contributed by atoms with E-state index in [9.17, 15) is 18.0 Å². The third-order valence-corrected chi connectivity index (χ3v) is 6.88. The smallest absolute Gasteiger partial charge is 0.362 e. The van der Waals surface area contributed by atoms with Crippen LogP contribution in [0.4, 0.5) is 24.7 Å². The molecule has 39 heavy (non-hydrogen) atoms. The first kappa shape index (κ1) is 26.6. The number of fused-ring (bicyclic) bond motifs is 1. The molecule has 2 N–H and O–H groups in total. The highest BCUT2D eigenvalue weighted by atomic mass is 19.4. The Morgan fingerprint density at radius 1 is 1.13 bits per heavy atom. The maximum atomic E-state index is 13.8. The first-order valence-electron chi connectivity index (χ1n) is 13.0. The molecule has 8 nitrogen and oxygen atoms in total. The van der Waals surface area contributed by atoms with Crippen LogP contribution in [0.1, 0.15) is 59.8 Å². The van der Waals surface area contributed by atoms with E-state index in [1.165, 1.54) is 12.1 Å². The summed E-state index contributed by atoms with van der Waals surface area (Å²) in [6, 6.07) is 10.8. The van der Waals surface area contributed by atoms with Crippen molar-refractivity contribution in [3.8, 4) is 0 Å². The van der Waals surface area contributed by atoms with Gasteiger partial charge in [-0.05, 0) is 75.2 Å². The SMILES string of the molecule is CCn1cc2ncc(N[C@@H](C)c3cccc(NC(=O)c4ccc(CN5CCCC5)c(C(F)(F)F)c4)c3)nc2n1. The van der Waals surface area contributed by atoms with Crippen LogP contribution >= 0.6 is 0 Å². The third-order valence-electron chi connectivity index (χ3n) is 6.88. The molecule has 1 atom stereocenters. The van der Waals surface area contributed by atoms with Gasteiger partial charge in [0.05, 0.1) is 24.0 Å². The van der Waals surface area contributed by atoms with E-state index in [2.05, 4.69) is 25.7 Å². The van der Waals surface area contributed by atoms with Crippen LogP contribution in [0.5, 0.6) is 0 Å². The Morgan fingerprint density at radius 2 is 1.92 bits per heavy atom. The lowest BCUT2D eigenvalue weighted by atomic mass is 10.0. The molecule has 0 spiro atoms. The summed E-state index contributed by atoms with van der Waals surface area (Å²) in [6.07, 6.45) is 0.898. The molecule has 0 saturated carbocycles. The Balaban J connectivity index is 1.29. The number of aromatic nitrogens is 4. The number of nitrogens with one attached hydrogen (secondary N) is 2. The van der Waals surface area contributed by atoms with Gasteiger partial charge in [0, 0.05) is 24.3 Å². The highest BCUT2D eigenvalue weighted by Crippen LogP contribution is 2.34. The van der Waals surface area contributed by atoms with Crippen molar-refractivity contribution in [2.75, 3.05) is 23.7 Å². The van der Waals surface area contributed by atoms with Gasteiger partial charge in [0.1, 0.15) is 11.3 Å². The minimum atomic E-state index is -4.55. The summed E-state index contributed by atoms with van der Waals surface area (Å²) < 4.78 is 43.3. The molecular weight excluding hydrogens is 507 g/mol. The number of rotatable bonds is 8. The van der Waals surface area contributed by atoms with Gasteiger partial charge in [-0.1, -0.05) is 18.2 Å². The standard InChI is InChI=1S/C28H30F3N7O/c1-3-38-17-24-26(36-38)35-25(15-32-24)33-18(2)19-7-6-8-22(13-19)34-27(39)20-9-10-21(16-37-11-4-5-12-37)23(14-20)28(29,30)31/h6-10,13-15,17-18H,3-5,11-12,16H2,1-2H3,(H,34,39)(H,33,35,36)/t18-/m0/s1. The molecule has 0 radical (unpaired) electrons. The molecule has 0 bridgehead atoms. The summed E-state index contributed by atoms with van der Waals surface area (Å²) in [5.41, 5.74) is 1.95. The first-order chi connectivity index (χ1) is 18.7. The minimum Gasteiger partial charge on any atom is -0.362 e. The van der Waals surface area contributed by atoms with Gasteiger partial charge in [-0.3, -0.25) is 14.4 Å². The zero-order chi connectivity index (χ0) is 27.6. The van der Waals surface area contributed by atoms with Crippen molar-refractivity contribution in [3.63, 3.8) is 0 Å². The fourth-order valence-electron chi connectivity index (χ4n) is 4.77. The number of hydrogen-bond donors (Lipinski definition) is 2. The zero-order valence-electron chi connectivity index (χ0n) is 21.8. The largest absolute Gasteiger partial charge is 0.416 e. The topological polar surface area (TPSA) is 88.0 Å². The highest BCUT2D eigenvalue weighted by Gasteiger charge is 2.34. The van der Waals surface area contributed by atoms with E-state index in [4.69, 9.17) is 0 Å². The predicted octanol–water partition coefficient (Wildman–Crippen LogP) is 5.89. The van der Waals surface area contributed by atoms with Gasteiger partial charge < -0.3 is 10.6 Å². The molecule has 1 aliphatic rings. The Hall–Kier alpha value is -3.99. The van der Waals surface area contributed by atoms with Gasteiger partial charge in [0.25, 0.3) is 5.91 Å². The highest BCUT2D eigenvalue weighted by molar-refractivity contribution is 6.04. The van der Waals surface area contributed by atoms with Crippen molar-refractivity contribution >= 4 is 28.6 Å². The second-order valence-corrected chi connectivity index (χ2v) is 9.75. The molecule has 3 heterocycles. The van der Waals surface area contributed by atoms with Crippen molar-refractivity contribution < 1.29 is 18.0 Å². The van der Waals surface area contributed by atoms with E-state index in [-0.39, 0.29) is 23.7 Å². The molecule has 11 heteroatoms. The summed E-state index contributed by atoms with van der Waals surface area (Å²) >= 11 is 0. The number of hydrogen-bond acceptors (Lipinski definition) is 6. The lowest BCUT2D eigenvalue weighted by Gasteiger charge is -2.20. The maximum absolute atomic E-state index is 13.8. The Bertz CT molecular complexity index is 1480. The third kappa shape index (κ3) is 6.19. The summed E-state index contributed by atoms with van der Waals surface area (Å²) in [4.78, 5) is 23.9. The van der Waals surface area contributed by atoms with Crippen LogP contribution in [0.3, 0.4) is 0 Å². The quantitative estimate of drug-likeness (QED) is 0.292. The normalized spacial score (nSPS) is 15.0. The molecular formula is C28H30F3N7O. The number of alkyl halides is 3. The number of aryl methyl sites for hydroxylation is 1. The molecule has 0 aliphatic carbocycles. The van der Waals surface area contributed by atoms with Crippen molar-refractivity contribution in [1.82, 2.24) is 24.6 Å². The number of amides is 1. The van der Waals surface area contributed by atoms with E-state index in [1.54, 1.807) is 29.1 Å². The molecule has 1 saturated heterocycles. The van der Waals surface area contributed by atoms with Crippen molar-refractivity contribution in [3.05, 3.63) is 77.1 Å². The van der Waals surface area contributed by atoms with E-state index in [1.807, 2.05) is 31.0 Å². The molecule has 2 aromatic heterocycles. The average molecular weight is 538 g/mol.